The number of carbonyl (C=O) groups excluding carboxylic acids is 6. The lowest BCUT2D eigenvalue weighted by molar-refractivity contribution is 0.0436. The molecule has 0 aromatic carbocycles. The normalized spacial score (nSPS) is 12.1. The average Bonchev–Trinajstić information content (AvgIpc) is 3.96. The van der Waals surface area contributed by atoms with E-state index in [1.54, 1.807) is 0 Å². The summed E-state index contributed by atoms with van der Waals surface area (Å²) in [4.78, 5) is 74.8. The van der Waals surface area contributed by atoms with Crippen molar-refractivity contribution in [3.05, 3.63) is 34.2 Å². The fourth-order valence-electron chi connectivity index (χ4n) is 5.47. The van der Waals surface area contributed by atoms with Crippen LogP contribution in [-0.2, 0) is 41.5 Å². The van der Waals surface area contributed by atoms with Gasteiger partial charge < -0.3 is 28.4 Å². The third-order valence-electron chi connectivity index (χ3n) is 8.52. The minimum absolute atomic E-state index is 0.0399. The van der Waals surface area contributed by atoms with Crippen LogP contribution >= 0.6 is 11.6 Å². The summed E-state index contributed by atoms with van der Waals surface area (Å²) < 4.78 is 33.7. The first-order valence-corrected chi connectivity index (χ1v) is 18.5. The lowest BCUT2D eigenvalue weighted by Gasteiger charge is -2.17. The van der Waals surface area contributed by atoms with E-state index in [1.807, 2.05) is 13.8 Å². The maximum absolute atomic E-state index is 13.4. The molecule has 3 heterocycles. The number of nitrogens with zero attached hydrogens (tertiary/aromatic N) is 9. The fraction of sp³-hybridized carbons (Fsp3) is 0.647. The van der Waals surface area contributed by atoms with E-state index in [4.69, 9.17) is 30.5 Å². The van der Waals surface area contributed by atoms with Crippen molar-refractivity contribution in [1.29, 1.82) is 0 Å². The van der Waals surface area contributed by atoms with Gasteiger partial charge in [-0.15, -0.1) is 26.9 Å². The van der Waals surface area contributed by atoms with Gasteiger partial charge in [0.05, 0.1) is 47.7 Å². The van der Waals surface area contributed by atoms with Gasteiger partial charge in [-0.2, -0.15) is 0 Å². The third-order valence-corrected chi connectivity index (χ3v) is 9.01. The Labute approximate surface area is 327 Å². The number of hydrogen-bond donors (Lipinski definition) is 0. The Kier molecular flexibility index (Phi) is 18.3. The quantitative estimate of drug-likeness (QED) is 0.0544. The third kappa shape index (κ3) is 12.0. The lowest BCUT2D eigenvalue weighted by Crippen LogP contribution is -2.22. The highest BCUT2D eigenvalue weighted by Crippen LogP contribution is 2.22. The Morgan fingerprint density at radius 2 is 0.964 bits per heavy atom. The number of carbonyl (C=O) groups is 6. The summed E-state index contributed by atoms with van der Waals surface area (Å²) in [5.74, 6) is -4.76. The number of hydrogen-bond acceptors (Lipinski definition) is 18. The van der Waals surface area contributed by atoms with Crippen LogP contribution in [0.25, 0.3) is 0 Å². The van der Waals surface area contributed by atoms with E-state index in [9.17, 15) is 28.8 Å². The molecule has 0 aliphatic heterocycles. The molecule has 0 aliphatic carbocycles. The Morgan fingerprint density at radius 1 is 0.554 bits per heavy atom. The number of aromatic nitrogens is 9. The summed E-state index contributed by atoms with van der Waals surface area (Å²) in [7, 11) is 4.70. The van der Waals surface area contributed by atoms with Gasteiger partial charge in [0.1, 0.15) is 0 Å². The van der Waals surface area contributed by atoms with Gasteiger partial charge in [-0.1, -0.05) is 35.4 Å². The smallest absolute Gasteiger partial charge is 0.361 e. The van der Waals surface area contributed by atoms with Gasteiger partial charge in [-0.3, -0.25) is 0 Å². The van der Waals surface area contributed by atoms with Crippen molar-refractivity contribution in [2.45, 2.75) is 103 Å². The van der Waals surface area contributed by atoms with Crippen LogP contribution in [0.3, 0.4) is 0 Å². The van der Waals surface area contributed by atoms with Crippen molar-refractivity contribution in [2.75, 3.05) is 41.7 Å². The molecule has 0 fully saturated rings. The number of alkyl halides is 1. The van der Waals surface area contributed by atoms with Gasteiger partial charge in [0.2, 0.25) is 17.1 Å². The molecule has 3 aromatic rings. The Hall–Kier alpha value is -5.47. The van der Waals surface area contributed by atoms with Crippen LogP contribution in [0.15, 0.2) is 0 Å². The second-order valence-electron chi connectivity index (χ2n) is 12.4. The highest BCUT2D eigenvalue weighted by molar-refractivity contribution is 6.20. The summed E-state index contributed by atoms with van der Waals surface area (Å²) in [5, 5.41) is 23.1. The van der Waals surface area contributed by atoms with E-state index in [0.29, 0.717) is 64.2 Å². The van der Waals surface area contributed by atoms with Gasteiger partial charge in [0.25, 0.3) is 0 Å². The molecule has 0 amide bonds. The zero-order valence-corrected chi connectivity index (χ0v) is 33.1. The first kappa shape index (κ1) is 44.9. The molecule has 3 rings (SSSR count). The number of aryl methyl sites for hydroxylation is 2. The Bertz CT molecular complexity index is 1810. The topological polar surface area (TPSA) is 250 Å². The van der Waals surface area contributed by atoms with Crippen molar-refractivity contribution >= 4 is 47.4 Å². The fourth-order valence-corrected chi connectivity index (χ4v) is 5.73. The molecular formula is C34H48ClN9O12. The highest BCUT2D eigenvalue weighted by atomic mass is 35.5. The molecule has 3 aromatic heterocycles. The summed E-state index contributed by atoms with van der Waals surface area (Å²) in [6.45, 7) is 4.39. The standard InChI is InChI=1S/C34H48ClN9O12/c1-7-22(35)20-21(2)44-28(34(50)56-19-15-11-9-13-17-43-27(33(49)54-6)24(37-40-43)30(46)52-4)25(38-41-44)31(47)55-18-14-10-8-12-16-42-26(32(48)53-5)23(36-39-42)29(45)51-3/h21-22H,7-20H2,1-6H3. The lowest BCUT2D eigenvalue weighted by atomic mass is 10.1. The van der Waals surface area contributed by atoms with Gasteiger partial charge in [-0.05, 0) is 58.3 Å². The second kappa shape index (κ2) is 22.8. The molecule has 21 nitrogen and oxygen atoms in total. The zero-order valence-electron chi connectivity index (χ0n) is 32.4. The SMILES string of the molecule is CCC(Cl)CC(C)n1nnc(C(=O)OCCCCCCn2nnc(C(=O)OC)c2C(=O)OC)c1C(=O)OCCCCCCn1nnc(C(=O)OC)c1C(=O)OC. The molecule has 0 radical (unpaired) electrons. The van der Waals surface area contributed by atoms with E-state index in [1.165, 1.54) is 42.5 Å². The molecule has 308 valence electrons. The molecule has 2 unspecified atom stereocenters. The van der Waals surface area contributed by atoms with Crippen LogP contribution in [0.2, 0.25) is 0 Å². The van der Waals surface area contributed by atoms with Crippen LogP contribution in [-0.4, -0.2) is 128 Å². The van der Waals surface area contributed by atoms with Crippen molar-refractivity contribution in [2.24, 2.45) is 0 Å². The summed E-state index contributed by atoms with van der Waals surface area (Å²) in [6, 6.07) is -0.381. The van der Waals surface area contributed by atoms with Gasteiger partial charge in [0, 0.05) is 18.5 Å². The predicted molar refractivity (Wildman–Crippen MR) is 192 cm³/mol. The van der Waals surface area contributed by atoms with E-state index in [2.05, 4.69) is 40.4 Å². The molecule has 0 aliphatic rings. The highest BCUT2D eigenvalue weighted by Gasteiger charge is 2.31. The molecule has 56 heavy (non-hydrogen) atoms. The van der Waals surface area contributed by atoms with E-state index in [0.717, 1.165) is 0 Å². The van der Waals surface area contributed by atoms with E-state index < -0.39 is 35.8 Å². The van der Waals surface area contributed by atoms with Crippen LogP contribution < -0.4 is 0 Å². The summed E-state index contributed by atoms with van der Waals surface area (Å²) in [6.07, 6.45) is 5.88. The maximum Gasteiger partial charge on any atom is 0.361 e. The molecule has 0 saturated carbocycles. The van der Waals surface area contributed by atoms with Crippen LogP contribution in [0, 0.1) is 0 Å². The van der Waals surface area contributed by atoms with Gasteiger partial charge in [-0.25, -0.2) is 42.8 Å². The predicted octanol–water partition coefficient (Wildman–Crippen LogP) is 3.41. The second-order valence-corrected chi connectivity index (χ2v) is 13.0. The first-order valence-electron chi connectivity index (χ1n) is 18.1. The zero-order chi connectivity index (χ0) is 41.2. The Morgan fingerprint density at radius 3 is 1.41 bits per heavy atom. The molecule has 0 spiro atoms. The largest absolute Gasteiger partial charge is 0.464 e. The van der Waals surface area contributed by atoms with Crippen molar-refractivity contribution in [1.82, 2.24) is 45.0 Å². The molecule has 0 saturated heterocycles. The average molecular weight is 810 g/mol. The number of rotatable bonds is 24. The summed E-state index contributed by atoms with van der Waals surface area (Å²) in [5.41, 5.74) is -1.08. The van der Waals surface area contributed by atoms with Crippen LogP contribution in [0.1, 0.15) is 147 Å². The van der Waals surface area contributed by atoms with Crippen molar-refractivity contribution in [3.8, 4) is 0 Å². The van der Waals surface area contributed by atoms with Crippen LogP contribution in [0.5, 0.6) is 0 Å². The van der Waals surface area contributed by atoms with Crippen molar-refractivity contribution < 1.29 is 57.2 Å². The molecule has 2 atom stereocenters. The number of halogens is 1. The minimum atomic E-state index is -0.830. The minimum Gasteiger partial charge on any atom is -0.464 e. The number of ether oxygens (including phenoxy) is 6. The van der Waals surface area contributed by atoms with Crippen molar-refractivity contribution in [3.63, 3.8) is 0 Å². The number of esters is 6. The first-order chi connectivity index (χ1) is 26.9. The monoisotopic (exact) mass is 809 g/mol. The van der Waals surface area contributed by atoms with Crippen LogP contribution in [0.4, 0.5) is 0 Å². The van der Waals surface area contributed by atoms with Gasteiger partial charge >= 0.3 is 35.8 Å². The number of methoxy groups -OCH3 is 4. The Balaban J connectivity index is 1.51. The van der Waals surface area contributed by atoms with Gasteiger partial charge in [0.15, 0.2) is 17.1 Å². The molecular weight excluding hydrogens is 762 g/mol. The summed E-state index contributed by atoms with van der Waals surface area (Å²) >= 11 is 6.38. The number of unbranched alkanes of at least 4 members (excludes halogenated alkanes) is 6. The maximum atomic E-state index is 13.4. The van der Waals surface area contributed by atoms with E-state index in [-0.39, 0.29) is 71.9 Å². The van der Waals surface area contributed by atoms with E-state index >= 15 is 0 Å². The molecule has 0 N–H and O–H groups in total. The molecule has 0 bridgehead atoms. The molecule has 22 heteroatoms.